The first-order valence-electron chi connectivity index (χ1n) is 5.83. The summed E-state index contributed by atoms with van der Waals surface area (Å²) in [7, 11) is 0. The second-order valence-corrected chi connectivity index (χ2v) is 4.25. The number of aliphatic imine (C=N–C) groups is 1. The molecule has 1 heterocycles. The van der Waals surface area contributed by atoms with E-state index >= 15 is 0 Å². The molecule has 2 rings (SSSR count). The molecule has 1 aliphatic heterocycles. The highest BCUT2D eigenvalue weighted by molar-refractivity contribution is 6.25. The molecule has 3 heteroatoms. The third-order valence-electron chi connectivity index (χ3n) is 2.97. The quantitative estimate of drug-likeness (QED) is 0.587. The summed E-state index contributed by atoms with van der Waals surface area (Å²) in [6.45, 7) is 2.20. The van der Waals surface area contributed by atoms with Gasteiger partial charge in [0.2, 0.25) is 0 Å². The molecule has 1 aliphatic rings. The van der Waals surface area contributed by atoms with Crippen molar-refractivity contribution in [2.45, 2.75) is 19.8 Å². The van der Waals surface area contributed by atoms with Crippen molar-refractivity contribution >= 4 is 17.3 Å². The van der Waals surface area contributed by atoms with Gasteiger partial charge in [0.05, 0.1) is 0 Å². The van der Waals surface area contributed by atoms with E-state index < -0.39 is 5.92 Å². The lowest BCUT2D eigenvalue weighted by atomic mass is 9.89. The van der Waals surface area contributed by atoms with Crippen LogP contribution in [0.15, 0.2) is 35.3 Å². The zero-order chi connectivity index (χ0) is 12.3. The van der Waals surface area contributed by atoms with E-state index in [1.165, 1.54) is 6.92 Å². The minimum Gasteiger partial charge on any atom is -0.299 e. The average Bonchev–Trinajstić information content (AvgIpc) is 2.83. The van der Waals surface area contributed by atoms with Crippen molar-refractivity contribution in [2.75, 3.05) is 6.54 Å². The van der Waals surface area contributed by atoms with Gasteiger partial charge in [0.15, 0.2) is 5.78 Å². The number of ketones is 2. The number of carbonyl (C=O) groups excluding carboxylic acids is 2. The van der Waals surface area contributed by atoms with Crippen molar-refractivity contribution in [2.24, 2.45) is 10.9 Å². The van der Waals surface area contributed by atoms with Gasteiger partial charge in [0.1, 0.15) is 11.7 Å². The molecule has 0 radical (unpaired) electrons. The highest BCUT2D eigenvalue weighted by atomic mass is 16.1. The summed E-state index contributed by atoms with van der Waals surface area (Å²) in [6.07, 6.45) is 1.71. The van der Waals surface area contributed by atoms with E-state index in [1.54, 1.807) is 24.3 Å². The standard InChI is InChI=1S/C14H15NO2/c1-10(16)13(12-8-5-9-15-12)14(17)11-6-3-2-4-7-11/h2-4,6-7,13H,5,8-9H2,1H3. The molecule has 1 unspecified atom stereocenters. The summed E-state index contributed by atoms with van der Waals surface area (Å²) in [4.78, 5) is 28.2. The summed E-state index contributed by atoms with van der Waals surface area (Å²) in [5, 5.41) is 0. The van der Waals surface area contributed by atoms with Gasteiger partial charge in [-0.2, -0.15) is 0 Å². The lowest BCUT2D eigenvalue weighted by Crippen LogP contribution is -2.29. The number of Topliss-reactive ketones (excluding diaryl/α,β-unsaturated/α-hetero) is 2. The molecular weight excluding hydrogens is 214 g/mol. The molecule has 0 fully saturated rings. The predicted molar refractivity (Wildman–Crippen MR) is 66.5 cm³/mol. The van der Waals surface area contributed by atoms with E-state index in [4.69, 9.17) is 0 Å². The number of nitrogens with zero attached hydrogens (tertiary/aromatic N) is 1. The predicted octanol–water partition coefficient (Wildman–Crippen LogP) is 2.31. The summed E-state index contributed by atoms with van der Waals surface area (Å²) in [5.41, 5.74) is 1.34. The van der Waals surface area contributed by atoms with Crippen molar-refractivity contribution in [1.82, 2.24) is 0 Å². The lowest BCUT2D eigenvalue weighted by molar-refractivity contribution is -0.117. The first kappa shape index (κ1) is 11.7. The Bertz CT molecular complexity index is 462. The fourth-order valence-electron chi connectivity index (χ4n) is 2.14. The Morgan fingerprint density at radius 3 is 2.47 bits per heavy atom. The van der Waals surface area contributed by atoms with E-state index in [0.717, 1.165) is 25.1 Å². The molecule has 0 aromatic heterocycles. The minimum absolute atomic E-state index is 0.112. The molecule has 88 valence electrons. The van der Waals surface area contributed by atoms with Crippen LogP contribution in [0.3, 0.4) is 0 Å². The molecule has 0 saturated heterocycles. The van der Waals surface area contributed by atoms with Crippen LogP contribution in [0.2, 0.25) is 0 Å². The van der Waals surface area contributed by atoms with Crippen LogP contribution in [0.5, 0.6) is 0 Å². The highest BCUT2D eigenvalue weighted by Crippen LogP contribution is 2.18. The maximum Gasteiger partial charge on any atom is 0.178 e. The topological polar surface area (TPSA) is 46.5 Å². The first-order valence-corrected chi connectivity index (χ1v) is 5.83. The van der Waals surface area contributed by atoms with Crippen molar-refractivity contribution in [1.29, 1.82) is 0 Å². The Balaban J connectivity index is 2.28. The van der Waals surface area contributed by atoms with Crippen LogP contribution in [-0.4, -0.2) is 23.8 Å². The van der Waals surface area contributed by atoms with Crippen molar-refractivity contribution in [3.8, 4) is 0 Å². The average molecular weight is 229 g/mol. The Morgan fingerprint density at radius 1 is 1.24 bits per heavy atom. The van der Waals surface area contributed by atoms with E-state index in [0.29, 0.717) is 5.56 Å². The van der Waals surface area contributed by atoms with Crippen molar-refractivity contribution in [3.05, 3.63) is 35.9 Å². The Labute approximate surface area is 101 Å². The second kappa shape index (κ2) is 5.04. The highest BCUT2D eigenvalue weighted by Gasteiger charge is 2.30. The second-order valence-electron chi connectivity index (χ2n) is 4.25. The summed E-state index contributed by atoms with van der Waals surface area (Å²) < 4.78 is 0. The van der Waals surface area contributed by atoms with Gasteiger partial charge in [-0.3, -0.25) is 14.6 Å². The molecule has 0 saturated carbocycles. The molecule has 0 aliphatic carbocycles. The van der Waals surface area contributed by atoms with Gasteiger partial charge in [-0.15, -0.1) is 0 Å². The number of carbonyl (C=O) groups is 2. The van der Waals surface area contributed by atoms with Gasteiger partial charge < -0.3 is 0 Å². The van der Waals surface area contributed by atoms with Gasteiger partial charge in [0.25, 0.3) is 0 Å². The first-order chi connectivity index (χ1) is 8.20. The molecule has 17 heavy (non-hydrogen) atoms. The van der Waals surface area contributed by atoms with Crippen LogP contribution in [-0.2, 0) is 4.79 Å². The van der Waals surface area contributed by atoms with Crippen LogP contribution in [0.25, 0.3) is 0 Å². The number of benzene rings is 1. The van der Waals surface area contributed by atoms with Crippen LogP contribution in [0.4, 0.5) is 0 Å². The Hall–Kier alpha value is -1.77. The molecule has 0 amide bonds. The summed E-state index contributed by atoms with van der Waals surface area (Å²) >= 11 is 0. The zero-order valence-electron chi connectivity index (χ0n) is 9.85. The molecule has 3 nitrogen and oxygen atoms in total. The van der Waals surface area contributed by atoms with Crippen molar-refractivity contribution < 1.29 is 9.59 Å². The van der Waals surface area contributed by atoms with Gasteiger partial charge in [-0.05, 0) is 19.8 Å². The molecule has 0 bridgehead atoms. The molecule has 1 atom stereocenters. The van der Waals surface area contributed by atoms with Crippen LogP contribution in [0, 0.1) is 5.92 Å². The lowest BCUT2D eigenvalue weighted by Gasteiger charge is -2.12. The maximum absolute atomic E-state index is 12.3. The fraction of sp³-hybridized carbons (Fsp3) is 0.357. The normalized spacial score (nSPS) is 16.4. The number of rotatable bonds is 4. The minimum atomic E-state index is -0.667. The summed E-state index contributed by atoms with van der Waals surface area (Å²) in [6, 6.07) is 8.95. The van der Waals surface area contributed by atoms with Gasteiger partial charge in [-0.1, -0.05) is 30.3 Å². The molecule has 0 spiro atoms. The Morgan fingerprint density at radius 2 is 1.94 bits per heavy atom. The van der Waals surface area contributed by atoms with Gasteiger partial charge >= 0.3 is 0 Å². The van der Waals surface area contributed by atoms with E-state index in [9.17, 15) is 9.59 Å². The van der Waals surface area contributed by atoms with Crippen LogP contribution < -0.4 is 0 Å². The number of hydrogen-bond donors (Lipinski definition) is 0. The maximum atomic E-state index is 12.3. The molecule has 1 aromatic carbocycles. The molecular formula is C14H15NO2. The van der Waals surface area contributed by atoms with E-state index in [-0.39, 0.29) is 11.6 Å². The SMILES string of the molecule is CC(=O)C(C(=O)c1ccccc1)C1=NCCC1. The largest absolute Gasteiger partial charge is 0.299 e. The zero-order valence-corrected chi connectivity index (χ0v) is 9.85. The van der Waals surface area contributed by atoms with Gasteiger partial charge in [0, 0.05) is 17.8 Å². The third-order valence-corrected chi connectivity index (χ3v) is 2.97. The van der Waals surface area contributed by atoms with Crippen LogP contribution >= 0.6 is 0 Å². The summed E-state index contributed by atoms with van der Waals surface area (Å²) in [5.74, 6) is -0.904. The Kier molecular flexibility index (Phi) is 3.47. The molecule has 0 N–H and O–H groups in total. The molecule has 1 aromatic rings. The van der Waals surface area contributed by atoms with Crippen LogP contribution in [0.1, 0.15) is 30.1 Å². The smallest absolute Gasteiger partial charge is 0.178 e. The van der Waals surface area contributed by atoms with Gasteiger partial charge in [-0.25, -0.2) is 0 Å². The number of hydrogen-bond acceptors (Lipinski definition) is 3. The fourth-order valence-corrected chi connectivity index (χ4v) is 2.14. The van der Waals surface area contributed by atoms with E-state index in [2.05, 4.69) is 4.99 Å². The monoisotopic (exact) mass is 229 g/mol. The van der Waals surface area contributed by atoms with Crippen molar-refractivity contribution in [3.63, 3.8) is 0 Å². The third kappa shape index (κ3) is 2.49. The van der Waals surface area contributed by atoms with E-state index in [1.807, 2.05) is 6.07 Å².